The number of aromatic amines is 1. The van der Waals surface area contributed by atoms with Gasteiger partial charge in [-0.25, -0.2) is 0 Å². The molecule has 1 N–H and O–H groups in total. The quantitative estimate of drug-likeness (QED) is 0.488. The van der Waals surface area contributed by atoms with Gasteiger partial charge in [-0.1, -0.05) is 12.1 Å². The summed E-state index contributed by atoms with van der Waals surface area (Å²) < 4.78 is 5.88. The van der Waals surface area contributed by atoms with Crippen molar-refractivity contribution in [3.63, 3.8) is 0 Å². The van der Waals surface area contributed by atoms with E-state index in [1.54, 1.807) is 7.11 Å². The standard InChI is InChI=1S/C33H39N5O2/c1-22-12-29(40-3)27(26-8-10-35-30(22)26)17-37-11-9-32(13-23(14-32)16-34)15-28(37)24-4-6-25(7-5-24)31(39)38-20-33(21-38)18-36(2)19-33/h4-8,10,12,23,28,35H,9,11,13-15,17-21H2,1-3H3/t23?,28-,32?/m0/s1. The van der Waals surface area contributed by atoms with Gasteiger partial charge in [0.25, 0.3) is 5.91 Å². The van der Waals surface area contributed by atoms with E-state index in [0.717, 1.165) is 76.3 Å². The van der Waals surface area contributed by atoms with Gasteiger partial charge in [0.15, 0.2) is 0 Å². The Balaban J connectivity index is 1.14. The molecule has 0 bridgehead atoms. The Morgan fingerprint density at radius 3 is 2.52 bits per heavy atom. The van der Waals surface area contributed by atoms with Gasteiger partial charge >= 0.3 is 0 Å². The van der Waals surface area contributed by atoms with Crippen LogP contribution in [-0.4, -0.2) is 72.5 Å². The van der Waals surface area contributed by atoms with Crippen molar-refractivity contribution >= 4 is 16.8 Å². The normalized spacial score (nSPS) is 27.7. The number of methoxy groups -OCH3 is 1. The van der Waals surface area contributed by atoms with E-state index in [-0.39, 0.29) is 23.3 Å². The lowest BCUT2D eigenvalue weighted by Gasteiger charge is -2.59. The monoisotopic (exact) mass is 537 g/mol. The summed E-state index contributed by atoms with van der Waals surface area (Å²) in [6, 6.07) is 15.4. The van der Waals surface area contributed by atoms with Gasteiger partial charge in [0.1, 0.15) is 5.75 Å². The molecule has 3 aliphatic heterocycles. The summed E-state index contributed by atoms with van der Waals surface area (Å²) in [4.78, 5) is 23.5. The molecule has 4 aliphatic rings. The molecule has 1 saturated carbocycles. The number of rotatable bonds is 5. The van der Waals surface area contributed by atoms with E-state index in [9.17, 15) is 10.1 Å². The number of piperidine rings is 1. The Hall–Kier alpha value is -3.34. The largest absolute Gasteiger partial charge is 0.496 e. The molecule has 4 heterocycles. The maximum absolute atomic E-state index is 13.2. The Labute approximate surface area is 236 Å². The highest BCUT2D eigenvalue weighted by atomic mass is 16.5. The minimum Gasteiger partial charge on any atom is -0.496 e. The number of nitrogens with one attached hydrogen (secondary N) is 1. The number of nitriles is 1. The van der Waals surface area contributed by atoms with E-state index in [4.69, 9.17) is 4.74 Å². The molecule has 2 aromatic carbocycles. The van der Waals surface area contributed by atoms with E-state index in [1.807, 2.05) is 23.2 Å². The van der Waals surface area contributed by atoms with Crippen LogP contribution in [0.3, 0.4) is 0 Å². The number of H-pyrrole nitrogens is 1. The minimum atomic E-state index is 0.152. The number of aromatic nitrogens is 1. The summed E-state index contributed by atoms with van der Waals surface area (Å²) in [5, 5.41) is 10.7. The molecule has 208 valence electrons. The average molecular weight is 538 g/mol. The third kappa shape index (κ3) is 4.12. The zero-order chi connectivity index (χ0) is 27.6. The molecule has 1 atom stereocenters. The second kappa shape index (κ2) is 9.36. The number of nitrogens with zero attached hydrogens (tertiary/aromatic N) is 4. The molecular weight excluding hydrogens is 498 g/mol. The van der Waals surface area contributed by atoms with Crippen molar-refractivity contribution in [2.24, 2.45) is 16.7 Å². The van der Waals surface area contributed by atoms with Crippen LogP contribution in [0.1, 0.15) is 58.8 Å². The predicted octanol–water partition coefficient (Wildman–Crippen LogP) is 5.13. The van der Waals surface area contributed by atoms with Gasteiger partial charge in [0.2, 0.25) is 0 Å². The molecule has 2 spiro atoms. The highest BCUT2D eigenvalue weighted by Crippen LogP contribution is 2.57. The van der Waals surface area contributed by atoms with Crippen molar-refractivity contribution in [3.05, 3.63) is 64.8 Å². The van der Waals surface area contributed by atoms with Gasteiger partial charge in [0, 0.05) is 78.3 Å². The second-order valence-electron chi connectivity index (χ2n) is 13.3. The van der Waals surface area contributed by atoms with E-state index in [1.165, 1.54) is 27.6 Å². The Bertz CT molecular complexity index is 1480. The summed E-state index contributed by atoms with van der Waals surface area (Å²) in [7, 11) is 3.90. The van der Waals surface area contributed by atoms with E-state index >= 15 is 0 Å². The van der Waals surface area contributed by atoms with Crippen molar-refractivity contribution in [1.82, 2.24) is 19.7 Å². The summed E-state index contributed by atoms with van der Waals surface area (Å²) in [5.41, 5.74) is 6.20. The molecule has 7 heteroatoms. The van der Waals surface area contributed by atoms with Crippen molar-refractivity contribution in [3.8, 4) is 11.8 Å². The fraction of sp³-hybridized carbons (Fsp3) is 0.515. The number of hydrogen-bond acceptors (Lipinski definition) is 5. The highest BCUT2D eigenvalue weighted by Gasteiger charge is 2.52. The van der Waals surface area contributed by atoms with Crippen molar-refractivity contribution in [1.29, 1.82) is 5.26 Å². The maximum Gasteiger partial charge on any atom is 0.253 e. The number of likely N-dealkylation sites (tertiary alicyclic amines) is 3. The Morgan fingerprint density at radius 2 is 1.85 bits per heavy atom. The van der Waals surface area contributed by atoms with Crippen LogP contribution in [0.2, 0.25) is 0 Å². The summed E-state index contributed by atoms with van der Waals surface area (Å²) in [6.07, 6.45) is 6.19. The molecule has 7 rings (SSSR count). The van der Waals surface area contributed by atoms with Gasteiger partial charge in [0.05, 0.1) is 13.2 Å². The lowest BCUT2D eigenvalue weighted by Crippen LogP contribution is -2.72. The topological polar surface area (TPSA) is 75.6 Å². The van der Waals surface area contributed by atoms with Gasteiger partial charge in [-0.3, -0.25) is 9.69 Å². The molecule has 1 aromatic heterocycles. The van der Waals surface area contributed by atoms with E-state index in [2.05, 4.69) is 59.1 Å². The molecular formula is C33H39N5O2. The van der Waals surface area contributed by atoms with Crippen LogP contribution in [0.4, 0.5) is 0 Å². The second-order valence-corrected chi connectivity index (χ2v) is 13.3. The smallest absolute Gasteiger partial charge is 0.253 e. The molecule has 1 amide bonds. The molecule has 0 radical (unpaired) electrons. The third-order valence-electron chi connectivity index (χ3n) is 10.3. The summed E-state index contributed by atoms with van der Waals surface area (Å²) >= 11 is 0. The van der Waals surface area contributed by atoms with Crippen LogP contribution >= 0.6 is 0 Å². The fourth-order valence-electron chi connectivity index (χ4n) is 8.36. The lowest BCUT2D eigenvalue weighted by molar-refractivity contribution is -0.0872. The summed E-state index contributed by atoms with van der Waals surface area (Å²) in [6.45, 7) is 7.85. The predicted molar refractivity (Wildman–Crippen MR) is 155 cm³/mol. The SMILES string of the molecule is COc1cc(C)c2[nH]ccc2c1CN1CCC2(CC(C#N)C2)C[C@H]1c1ccc(C(=O)N2CC3(CN(C)C3)C2)cc1. The van der Waals surface area contributed by atoms with Crippen LogP contribution in [0.15, 0.2) is 42.6 Å². The number of carbonyl (C=O) groups excluding carboxylic acids is 1. The molecule has 0 unspecified atom stereocenters. The first kappa shape index (κ1) is 25.6. The lowest BCUT2D eigenvalue weighted by atomic mass is 9.56. The maximum atomic E-state index is 13.2. The van der Waals surface area contributed by atoms with E-state index in [0.29, 0.717) is 5.41 Å². The van der Waals surface area contributed by atoms with Crippen LogP contribution in [0.5, 0.6) is 5.75 Å². The molecule has 3 saturated heterocycles. The van der Waals surface area contributed by atoms with Crippen molar-refractivity contribution in [2.45, 2.75) is 45.2 Å². The highest BCUT2D eigenvalue weighted by molar-refractivity contribution is 5.95. The minimum absolute atomic E-state index is 0.152. The Kier molecular flexibility index (Phi) is 5.99. The van der Waals surface area contributed by atoms with Gasteiger partial charge < -0.3 is 19.5 Å². The van der Waals surface area contributed by atoms with Crippen LogP contribution < -0.4 is 4.74 Å². The van der Waals surface area contributed by atoms with Gasteiger partial charge in [-0.15, -0.1) is 0 Å². The van der Waals surface area contributed by atoms with Crippen molar-refractivity contribution in [2.75, 3.05) is 46.9 Å². The van der Waals surface area contributed by atoms with Crippen LogP contribution in [-0.2, 0) is 6.54 Å². The Morgan fingerprint density at radius 1 is 1.10 bits per heavy atom. The van der Waals surface area contributed by atoms with Gasteiger partial charge in [-0.2, -0.15) is 5.26 Å². The fourth-order valence-corrected chi connectivity index (χ4v) is 8.36. The zero-order valence-corrected chi connectivity index (χ0v) is 23.9. The van der Waals surface area contributed by atoms with E-state index < -0.39 is 0 Å². The molecule has 40 heavy (non-hydrogen) atoms. The molecule has 7 nitrogen and oxygen atoms in total. The number of carbonyl (C=O) groups is 1. The zero-order valence-electron chi connectivity index (χ0n) is 23.9. The number of fused-ring (bicyclic) bond motifs is 1. The summed E-state index contributed by atoms with van der Waals surface area (Å²) in [5.74, 6) is 1.28. The van der Waals surface area contributed by atoms with Gasteiger partial charge in [-0.05, 0) is 87.0 Å². The average Bonchev–Trinajstić information content (AvgIpc) is 3.41. The van der Waals surface area contributed by atoms with Crippen LogP contribution in [0.25, 0.3) is 10.9 Å². The molecule has 1 aliphatic carbocycles. The first-order valence-electron chi connectivity index (χ1n) is 14.7. The first-order valence-corrected chi connectivity index (χ1v) is 14.7. The van der Waals surface area contributed by atoms with Crippen LogP contribution in [0, 0.1) is 35.0 Å². The number of aryl methyl sites for hydroxylation is 1. The molecule has 3 aromatic rings. The number of hydrogen-bond donors (Lipinski definition) is 1. The number of ether oxygens (including phenoxy) is 1. The number of amides is 1. The molecule has 4 fully saturated rings. The number of benzene rings is 2. The van der Waals surface area contributed by atoms with Crippen molar-refractivity contribution < 1.29 is 9.53 Å². The first-order chi connectivity index (χ1) is 19.3. The third-order valence-corrected chi connectivity index (χ3v) is 10.3.